The molecule has 0 bridgehead atoms. The van der Waals surface area contributed by atoms with E-state index in [0.717, 1.165) is 5.56 Å². The van der Waals surface area contributed by atoms with Crippen LogP contribution in [0.4, 0.5) is 5.69 Å². The van der Waals surface area contributed by atoms with Gasteiger partial charge in [0.25, 0.3) is 5.91 Å². The van der Waals surface area contributed by atoms with Crippen LogP contribution in [0.1, 0.15) is 32.4 Å². The summed E-state index contributed by atoms with van der Waals surface area (Å²) in [5, 5.41) is 25.4. The highest BCUT2D eigenvalue weighted by molar-refractivity contribution is 5.95. The molecule has 4 N–H and O–H groups in total. The second kappa shape index (κ2) is 7.36. The van der Waals surface area contributed by atoms with E-state index in [0.29, 0.717) is 12.2 Å². The highest BCUT2D eigenvalue weighted by Crippen LogP contribution is 2.23. The normalized spacial score (nSPS) is 14.3. The van der Waals surface area contributed by atoms with Crippen LogP contribution in [0.2, 0.25) is 0 Å². The first-order valence-electron chi connectivity index (χ1n) is 6.92. The number of carbonyl (C=O) groups excluding carboxylic acids is 1. The molecule has 1 aromatic rings. The van der Waals surface area contributed by atoms with Crippen molar-refractivity contribution in [1.82, 2.24) is 5.32 Å². The summed E-state index contributed by atoms with van der Waals surface area (Å²) >= 11 is 0. The van der Waals surface area contributed by atoms with Gasteiger partial charge in [-0.15, -0.1) is 6.58 Å². The highest BCUT2D eigenvalue weighted by atomic mass is 16.3. The zero-order valence-electron chi connectivity index (χ0n) is 12.8. The fourth-order valence-corrected chi connectivity index (χ4v) is 1.88. The summed E-state index contributed by atoms with van der Waals surface area (Å²) in [6.45, 7) is 9.05. The minimum absolute atomic E-state index is 0.0128. The predicted octanol–water partition coefficient (Wildman–Crippen LogP) is 1.59. The average molecular weight is 292 g/mol. The van der Waals surface area contributed by atoms with Crippen molar-refractivity contribution in [3.05, 3.63) is 42.5 Å². The smallest absolute Gasteiger partial charge is 0.256 e. The van der Waals surface area contributed by atoms with E-state index in [1.165, 1.54) is 13.8 Å². The molecule has 0 aliphatic rings. The summed E-state index contributed by atoms with van der Waals surface area (Å²) in [5.41, 5.74) is 0.0108. The molecule has 0 heterocycles. The van der Waals surface area contributed by atoms with E-state index in [4.69, 9.17) is 0 Å². The largest absolute Gasteiger partial charge is 0.387 e. The molecule has 5 nitrogen and oxygen atoms in total. The Morgan fingerprint density at radius 2 is 2.05 bits per heavy atom. The van der Waals surface area contributed by atoms with E-state index in [9.17, 15) is 15.0 Å². The van der Waals surface area contributed by atoms with Gasteiger partial charge in [-0.1, -0.05) is 24.3 Å². The minimum atomic E-state index is -1.50. The topological polar surface area (TPSA) is 81.6 Å². The SMILES string of the molecule is C=CCNC(C)c1ccccc1NC(=O)C(O)C(C)(C)O. The predicted molar refractivity (Wildman–Crippen MR) is 84.0 cm³/mol. The molecule has 0 radical (unpaired) electrons. The van der Waals surface area contributed by atoms with Crippen molar-refractivity contribution in [2.45, 2.75) is 38.5 Å². The molecule has 0 aliphatic carbocycles. The Morgan fingerprint density at radius 3 is 2.62 bits per heavy atom. The first-order chi connectivity index (χ1) is 9.77. The van der Waals surface area contributed by atoms with Gasteiger partial charge in [0.05, 0.1) is 5.60 Å². The Balaban J connectivity index is 2.89. The molecule has 0 spiro atoms. The number of aliphatic hydroxyl groups excluding tert-OH is 1. The standard InChI is InChI=1S/C16H24N2O3/c1-5-10-17-11(2)12-8-6-7-9-13(12)18-15(20)14(19)16(3,4)21/h5-9,11,14,17,19,21H,1,10H2,2-4H3,(H,18,20). The van der Waals surface area contributed by atoms with Crippen LogP contribution in [0.25, 0.3) is 0 Å². The Kier molecular flexibility index (Phi) is 6.08. The Morgan fingerprint density at radius 1 is 1.43 bits per heavy atom. The van der Waals surface area contributed by atoms with Gasteiger partial charge in [0.15, 0.2) is 6.10 Å². The van der Waals surface area contributed by atoms with Crippen LogP contribution < -0.4 is 10.6 Å². The molecule has 1 aromatic carbocycles. The van der Waals surface area contributed by atoms with Crippen molar-refractivity contribution < 1.29 is 15.0 Å². The van der Waals surface area contributed by atoms with Crippen molar-refractivity contribution in [3.8, 4) is 0 Å². The molecule has 0 aromatic heterocycles. The van der Waals surface area contributed by atoms with E-state index >= 15 is 0 Å². The molecule has 5 heteroatoms. The lowest BCUT2D eigenvalue weighted by molar-refractivity contribution is -0.136. The summed E-state index contributed by atoms with van der Waals surface area (Å²) in [6, 6.07) is 7.35. The number of carbonyl (C=O) groups is 1. The van der Waals surface area contributed by atoms with Crippen LogP contribution in [0.5, 0.6) is 0 Å². The van der Waals surface area contributed by atoms with Crippen molar-refractivity contribution in [2.75, 3.05) is 11.9 Å². The number of amides is 1. The van der Waals surface area contributed by atoms with E-state index in [-0.39, 0.29) is 6.04 Å². The zero-order valence-corrected chi connectivity index (χ0v) is 12.8. The lowest BCUT2D eigenvalue weighted by Crippen LogP contribution is -2.45. The number of nitrogens with one attached hydrogen (secondary N) is 2. The van der Waals surface area contributed by atoms with E-state index < -0.39 is 17.6 Å². The fraction of sp³-hybridized carbons (Fsp3) is 0.438. The van der Waals surface area contributed by atoms with Gasteiger partial charge in [0, 0.05) is 18.3 Å². The van der Waals surface area contributed by atoms with Crippen molar-refractivity contribution in [3.63, 3.8) is 0 Å². The van der Waals surface area contributed by atoms with Gasteiger partial charge in [-0.05, 0) is 32.4 Å². The van der Waals surface area contributed by atoms with Gasteiger partial charge in [-0.2, -0.15) is 0 Å². The van der Waals surface area contributed by atoms with E-state index in [1.54, 1.807) is 18.2 Å². The van der Waals surface area contributed by atoms with Crippen molar-refractivity contribution in [2.24, 2.45) is 0 Å². The fourth-order valence-electron chi connectivity index (χ4n) is 1.88. The number of benzene rings is 1. The maximum Gasteiger partial charge on any atom is 0.256 e. The second-order valence-electron chi connectivity index (χ2n) is 5.55. The average Bonchev–Trinajstić information content (AvgIpc) is 2.43. The molecule has 21 heavy (non-hydrogen) atoms. The molecule has 2 atom stereocenters. The molecule has 2 unspecified atom stereocenters. The molecule has 0 saturated heterocycles. The summed E-state index contributed by atoms with van der Waals surface area (Å²) in [6.07, 6.45) is 0.262. The molecular formula is C16H24N2O3. The molecule has 0 aliphatic heterocycles. The third-order valence-electron chi connectivity index (χ3n) is 3.17. The number of hydrogen-bond acceptors (Lipinski definition) is 4. The molecule has 1 amide bonds. The molecule has 0 saturated carbocycles. The van der Waals surface area contributed by atoms with Gasteiger partial charge in [0.2, 0.25) is 0 Å². The quantitative estimate of drug-likeness (QED) is 0.575. The Labute approximate surface area is 125 Å². The molecule has 116 valence electrons. The summed E-state index contributed by atoms with van der Waals surface area (Å²) in [5.74, 6) is -0.633. The number of para-hydroxylation sites is 1. The van der Waals surface area contributed by atoms with Crippen LogP contribution in [-0.4, -0.2) is 34.4 Å². The van der Waals surface area contributed by atoms with Gasteiger partial charge >= 0.3 is 0 Å². The molecule has 0 fully saturated rings. The third-order valence-corrected chi connectivity index (χ3v) is 3.17. The van der Waals surface area contributed by atoms with Crippen molar-refractivity contribution in [1.29, 1.82) is 0 Å². The van der Waals surface area contributed by atoms with Crippen LogP contribution in [0, 0.1) is 0 Å². The number of hydrogen-bond donors (Lipinski definition) is 4. The van der Waals surface area contributed by atoms with Crippen LogP contribution >= 0.6 is 0 Å². The van der Waals surface area contributed by atoms with E-state index in [2.05, 4.69) is 17.2 Å². The monoisotopic (exact) mass is 292 g/mol. The van der Waals surface area contributed by atoms with Crippen LogP contribution in [0.15, 0.2) is 36.9 Å². The Bertz CT molecular complexity index is 495. The first kappa shape index (κ1) is 17.4. The number of rotatable bonds is 7. The minimum Gasteiger partial charge on any atom is -0.387 e. The second-order valence-corrected chi connectivity index (χ2v) is 5.55. The van der Waals surface area contributed by atoms with Gasteiger partial charge in [-0.3, -0.25) is 4.79 Å². The maximum absolute atomic E-state index is 12.0. The van der Waals surface area contributed by atoms with Crippen LogP contribution in [-0.2, 0) is 4.79 Å². The van der Waals surface area contributed by atoms with Gasteiger partial charge in [0.1, 0.15) is 0 Å². The molecule has 1 rings (SSSR count). The van der Waals surface area contributed by atoms with Crippen LogP contribution in [0.3, 0.4) is 0 Å². The van der Waals surface area contributed by atoms with Gasteiger partial charge < -0.3 is 20.8 Å². The summed E-state index contributed by atoms with van der Waals surface area (Å²) in [7, 11) is 0. The highest BCUT2D eigenvalue weighted by Gasteiger charge is 2.31. The lowest BCUT2D eigenvalue weighted by Gasteiger charge is -2.24. The van der Waals surface area contributed by atoms with Gasteiger partial charge in [-0.25, -0.2) is 0 Å². The molecular weight excluding hydrogens is 268 g/mol. The summed E-state index contributed by atoms with van der Waals surface area (Å²) < 4.78 is 0. The lowest BCUT2D eigenvalue weighted by atomic mass is 10.0. The Hall–Kier alpha value is -1.69. The maximum atomic E-state index is 12.0. The summed E-state index contributed by atoms with van der Waals surface area (Å²) in [4.78, 5) is 12.0. The first-order valence-corrected chi connectivity index (χ1v) is 6.92. The van der Waals surface area contributed by atoms with E-state index in [1.807, 2.05) is 19.1 Å². The number of anilines is 1. The third kappa shape index (κ3) is 4.97. The number of aliphatic hydroxyl groups is 2. The zero-order chi connectivity index (χ0) is 16.0. The van der Waals surface area contributed by atoms with Crippen molar-refractivity contribution >= 4 is 11.6 Å².